The summed E-state index contributed by atoms with van der Waals surface area (Å²) in [5.41, 5.74) is 1.82. The Morgan fingerprint density at radius 3 is 2.77 bits per heavy atom. The number of carbonyl (C=O) groups excluding carboxylic acids is 2. The van der Waals surface area contributed by atoms with E-state index in [0.717, 1.165) is 0 Å². The molecule has 0 saturated heterocycles. The fourth-order valence-corrected chi connectivity index (χ4v) is 3.83. The number of likely N-dealkylation sites (N-methyl/N-ethyl adjacent to an activating group) is 1. The van der Waals surface area contributed by atoms with Crippen molar-refractivity contribution in [1.82, 2.24) is 15.1 Å². The van der Waals surface area contributed by atoms with Gasteiger partial charge in [0.05, 0.1) is 36.7 Å². The van der Waals surface area contributed by atoms with E-state index in [2.05, 4.69) is 5.32 Å². The average molecular weight is 392 g/mol. The minimum atomic E-state index is -0.618. The summed E-state index contributed by atoms with van der Waals surface area (Å²) in [5.74, 6) is 0.528. The average Bonchev–Trinajstić information content (AvgIpc) is 3.21. The summed E-state index contributed by atoms with van der Waals surface area (Å²) in [6, 6.07) is 7.70. The number of amides is 3. The molecule has 0 saturated carbocycles. The van der Waals surface area contributed by atoms with Crippen molar-refractivity contribution in [3.8, 4) is 0 Å². The van der Waals surface area contributed by atoms with Gasteiger partial charge >= 0.3 is 6.03 Å². The number of rotatable bonds is 3. The van der Waals surface area contributed by atoms with Crippen LogP contribution < -0.4 is 5.32 Å². The number of urea groups is 1. The largest absolute Gasteiger partial charge is 0.467 e. The molecule has 0 bridgehead atoms. The second-order valence-electron chi connectivity index (χ2n) is 6.21. The maximum Gasteiger partial charge on any atom is 0.322 e. The lowest BCUT2D eigenvalue weighted by Crippen LogP contribution is -2.45. The van der Waals surface area contributed by atoms with Crippen molar-refractivity contribution < 1.29 is 14.0 Å². The first kappa shape index (κ1) is 17.0. The highest BCUT2D eigenvalue weighted by atomic mass is 35.5. The highest BCUT2D eigenvalue weighted by Crippen LogP contribution is 2.39. The molecule has 3 heterocycles. The SMILES string of the molecule is CN1C(=O)N[C@@H](c2ccc(Cl)cc2Cl)C2=C1CN(Cc1ccco1)C2=O. The molecule has 0 aliphatic carbocycles. The summed E-state index contributed by atoms with van der Waals surface area (Å²) in [5, 5.41) is 3.74. The molecule has 0 unspecified atom stereocenters. The lowest BCUT2D eigenvalue weighted by Gasteiger charge is -2.31. The van der Waals surface area contributed by atoms with Crippen LogP contribution in [0.1, 0.15) is 17.4 Å². The molecule has 8 heteroatoms. The molecule has 4 rings (SSSR count). The molecule has 1 N–H and O–H groups in total. The van der Waals surface area contributed by atoms with Gasteiger partial charge in [0, 0.05) is 17.1 Å². The summed E-state index contributed by atoms with van der Waals surface area (Å²) >= 11 is 12.3. The third-order valence-corrected chi connectivity index (χ3v) is 5.20. The Hall–Kier alpha value is -2.44. The first-order chi connectivity index (χ1) is 12.5. The topological polar surface area (TPSA) is 65.8 Å². The second kappa shape index (κ2) is 6.37. The first-order valence-corrected chi connectivity index (χ1v) is 8.75. The van der Waals surface area contributed by atoms with E-state index in [4.69, 9.17) is 27.6 Å². The lowest BCUT2D eigenvalue weighted by atomic mass is 9.95. The van der Waals surface area contributed by atoms with Gasteiger partial charge in [0.2, 0.25) is 0 Å². The Balaban J connectivity index is 1.72. The van der Waals surface area contributed by atoms with Crippen LogP contribution in [0.4, 0.5) is 4.79 Å². The van der Waals surface area contributed by atoms with Crippen LogP contribution in [0.15, 0.2) is 52.3 Å². The normalized spacial score (nSPS) is 19.9. The Kier molecular flexibility index (Phi) is 4.17. The van der Waals surface area contributed by atoms with Gasteiger partial charge in [0.25, 0.3) is 5.91 Å². The maximum atomic E-state index is 13.1. The van der Waals surface area contributed by atoms with Crippen LogP contribution in [0, 0.1) is 0 Å². The van der Waals surface area contributed by atoms with Crippen molar-refractivity contribution >= 4 is 35.1 Å². The van der Waals surface area contributed by atoms with E-state index in [1.807, 2.05) is 6.07 Å². The number of furan rings is 1. The molecule has 1 atom stereocenters. The molecular formula is C18H15Cl2N3O3. The zero-order valence-corrected chi connectivity index (χ0v) is 15.3. The number of nitrogens with one attached hydrogen (secondary N) is 1. The summed E-state index contributed by atoms with van der Waals surface area (Å²) in [6.45, 7) is 0.669. The molecule has 2 aliphatic heterocycles. The number of hydrogen-bond donors (Lipinski definition) is 1. The van der Waals surface area contributed by atoms with E-state index in [0.29, 0.717) is 45.7 Å². The molecular weight excluding hydrogens is 377 g/mol. The van der Waals surface area contributed by atoms with Crippen molar-refractivity contribution in [3.63, 3.8) is 0 Å². The molecule has 1 aromatic heterocycles. The van der Waals surface area contributed by atoms with Crippen LogP contribution in [0.5, 0.6) is 0 Å². The van der Waals surface area contributed by atoms with Gasteiger partial charge in [-0.05, 0) is 29.8 Å². The fourth-order valence-electron chi connectivity index (χ4n) is 3.31. The smallest absolute Gasteiger partial charge is 0.322 e. The van der Waals surface area contributed by atoms with Gasteiger partial charge in [-0.3, -0.25) is 9.69 Å². The van der Waals surface area contributed by atoms with Crippen molar-refractivity contribution in [1.29, 1.82) is 0 Å². The fraction of sp³-hybridized carbons (Fsp3) is 0.222. The van der Waals surface area contributed by atoms with E-state index < -0.39 is 6.04 Å². The maximum absolute atomic E-state index is 13.1. The second-order valence-corrected chi connectivity index (χ2v) is 7.05. The predicted octanol–water partition coefficient (Wildman–Crippen LogP) is 3.58. The number of hydrogen-bond acceptors (Lipinski definition) is 3. The van der Waals surface area contributed by atoms with Gasteiger partial charge in [-0.2, -0.15) is 0 Å². The highest BCUT2D eigenvalue weighted by molar-refractivity contribution is 6.35. The summed E-state index contributed by atoms with van der Waals surface area (Å²) in [6.07, 6.45) is 1.57. The zero-order valence-electron chi connectivity index (χ0n) is 13.8. The third-order valence-electron chi connectivity index (χ3n) is 4.64. The molecule has 3 amide bonds. The Labute approximate surface area is 160 Å². The van der Waals surface area contributed by atoms with Gasteiger partial charge in [0.15, 0.2) is 0 Å². The predicted molar refractivity (Wildman–Crippen MR) is 96.6 cm³/mol. The molecule has 0 radical (unpaired) electrons. The lowest BCUT2D eigenvalue weighted by molar-refractivity contribution is -0.126. The van der Waals surface area contributed by atoms with Crippen molar-refractivity contribution in [2.45, 2.75) is 12.6 Å². The highest BCUT2D eigenvalue weighted by Gasteiger charge is 2.43. The van der Waals surface area contributed by atoms with Gasteiger partial charge < -0.3 is 14.6 Å². The molecule has 0 spiro atoms. The zero-order chi connectivity index (χ0) is 18.4. The van der Waals surface area contributed by atoms with Crippen molar-refractivity contribution in [2.24, 2.45) is 0 Å². The Morgan fingerprint density at radius 1 is 1.27 bits per heavy atom. The van der Waals surface area contributed by atoms with Crippen LogP contribution in [-0.4, -0.2) is 35.3 Å². The van der Waals surface area contributed by atoms with Crippen molar-refractivity contribution in [3.05, 3.63) is 69.2 Å². The molecule has 134 valence electrons. The molecule has 2 aromatic rings. The Bertz CT molecular complexity index is 924. The monoisotopic (exact) mass is 391 g/mol. The summed E-state index contributed by atoms with van der Waals surface area (Å²) in [4.78, 5) is 28.6. The quantitative estimate of drug-likeness (QED) is 0.869. The van der Waals surface area contributed by atoms with Crippen LogP contribution in [-0.2, 0) is 11.3 Å². The standard InChI is InChI=1S/C18H15Cl2N3O3/c1-22-14-9-23(8-11-3-2-6-26-11)17(24)15(14)16(21-18(22)25)12-5-4-10(19)7-13(12)20/h2-7,16H,8-9H2,1H3,(H,21,25)/t16-/m0/s1. The van der Waals surface area contributed by atoms with E-state index in [1.54, 1.807) is 42.5 Å². The van der Waals surface area contributed by atoms with Crippen molar-refractivity contribution in [2.75, 3.05) is 13.6 Å². The van der Waals surface area contributed by atoms with E-state index in [1.165, 1.54) is 4.90 Å². The summed E-state index contributed by atoms with van der Waals surface area (Å²) in [7, 11) is 1.65. The van der Waals surface area contributed by atoms with Gasteiger partial charge in [-0.1, -0.05) is 29.3 Å². The number of nitrogens with zero attached hydrogens (tertiary/aromatic N) is 2. The van der Waals surface area contributed by atoms with E-state index >= 15 is 0 Å². The molecule has 6 nitrogen and oxygen atoms in total. The van der Waals surface area contributed by atoms with Crippen LogP contribution in [0.25, 0.3) is 0 Å². The van der Waals surface area contributed by atoms with Crippen LogP contribution >= 0.6 is 23.2 Å². The number of carbonyl (C=O) groups is 2. The molecule has 2 aliphatic rings. The van der Waals surface area contributed by atoms with E-state index in [9.17, 15) is 9.59 Å². The minimum Gasteiger partial charge on any atom is -0.467 e. The van der Waals surface area contributed by atoms with Gasteiger partial charge in [-0.25, -0.2) is 4.79 Å². The van der Waals surface area contributed by atoms with Crippen LogP contribution in [0.3, 0.4) is 0 Å². The number of halogens is 2. The molecule has 26 heavy (non-hydrogen) atoms. The third kappa shape index (κ3) is 2.75. The van der Waals surface area contributed by atoms with E-state index in [-0.39, 0.29) is 11.9 Å². The van der Waals surface area contributed by atoms with Gasteiger partial charge in [-0.15, -0.1) is 0 Å². The van der Waals surface area contributed by atoms with Gasteiger partial charge in [0.1, 0.15) is 5.76 Å². The number of benzene rings is 1. The molecule has 1 aromatic carbocycles. The van der Waals surface area contributed by atoms with Crippen LogP contribution in [0.2, 0.25) is 10.0 Å². The minimum absolute atomic E-state index is 0.153. The summed E-state index contributed by atoms with van der Waals surface area (Å²) < 4.78 is 5.34. The molecule has 0 fully saturated rings. The Morgan fingerprint density at radius 2 is 2.08 bits per heavy atom. The first-order valence-electron chi connectivity index (χ1n) is 7.99.